The van der Waals surface area contributed by atoms with Gasteiger partial charge in [-0.1, -0.05) is 0 Å². The molecule has 5 aromatic carbocycles. The molecule has 10 N–H and O–H groups in total. The first-order valence-electron chi connectivity index (χ1n) is 17.1. The largest absolute Gasteiger partial charge is 0.505 e. The number of nitrogens with one attached hydrogen (secondary N) is 2. The Balaban J connectivity index is 1.49. The molecule has 0 fully saturated rings. The van der Waals surface area contributed by atoms with Crippen molar-refractivity contribution in [2.75, 3.05) is 11.1 Å². The minimum atomic E-state index is -5.41. The van der Waals surface area contributed by atoms with Crippen LogP contribution in [0.2, 0.25) is 5.28 Å². The van der Waals surface area contributed by atoms with Gasteiger partial charge in [-0.15, -0.1) is 15.3 Å². The number of aromatic amines is 1. The molecule has 0 bridgehead atoms. The predicted octanol–water partition coefficient (Wildman–Crippen LogP) is 5.56. The molecule has 0 aliphatic heterocycles. The van der Waals surface area contributed by atoms with E-state index in [1.165, 1.54) is 19.9 Å². The first-order chi connectivity index (χ1) is 29.9. The molecule has 6 aromatic rings. The molecule has 32 heteroatoms. The second-order valence-corrected chi connectivity index (χ2v) is 20.5. The van der Waals surface area contributed by atoms with Gasteiger partial charge in [0, 0.05) is 5.69 Å². The number of halogens is 1. The van der Waals surface area contributed by atoms with E-state index in [1.807, 2.05) is 0 Å². The molecule has 1 heterocycles. The van der Waals surface area contributed by atoms with Gasteiger partial charge in [-0.25, -0.2) is 4.99 Å². The Morgan fingerprint density at radius 3 is 1.71 bits per heavy atom. The molecule has 6 rings (SSSR count). The highest BCUT2D eigenvalue weighted by Gasteiger charge is 2.28. The van der Waals surface area contributed by atoms with Crippen molar-refractivity contribution in [2.24, 2.45) is 25.4 Å². The third-order valence-corrected chi connectivity index (χ3v) is 13.2. The molecule has 0 aliphatic rings. The fourth-order valence-electron chi connectivity index (χ4n) is 5.75. The number of phenols is 1. The maximum absolute atomic E-state index is 12.7. The van der Waals surface area contributed by atoms with Crippen LogP contribution in [0.5, 0.6) is 5.75 Å². The molecule has 26 nitrogen and oxygen atoms in total. The summed E-state index contributed by atoms with van der Waals surface area (Å²) in [5.41, 5.74) is 2.72. The average Bonchev–Trinajstić information content (AvgIpc) is 3.16. The molecular formula is C33H27ClN10O16S5. The van der Waals surface area contributed by atoms with E-state index in [0.717, 1.165) is 48.5 Å². The number of nitrogens with two attached hydrogens (primary N) is 1. The van der Waals surface area contributed by atoms with Crippen molar-refractivity contribution in [2.45, 2.75) is 38.3 Å². The highest BCUT2D eigenvalue weighted by molar-refractivity contribution is 7.87. The van der Waals surface area contributed by atoms with Gasteiger partial charge in [-0.2, -0.15) is 57.2 Å². The highest BCUT2D eigenvalue weighted by atomic mass is 35.5. The number of benzene rings is 5. The molecule has 0 aliphatic carbocycles. The highest BCUT2D eigenvalue weighted by Crippen LogP contribution is 2.48. The zero-order valence-corrected chi connectivity index (χ0v) is 37.1. The number of phenolic OH excluding ortho intramolecular Hbond substituents is 1. The average molecular weight is 1020 g/mol. The third-order valence-electron chi connectivity index (χ3n) is 8.69. The van der Waals surface area contributed by atoms with Crippen LogP contribution in [-0.2, 0) is 50.6 Å². The number of nitrogens with zero attached hydrogens (tertiary/aromatic N) is 7. The molecule has 342 valence electrons. The van der Waals surface area contributed by atoms with E-state index in [2.05, 4.69) is 45.7 Å². The van der Waals surface area contributed by atoms with Gasteiger partial charge in [0.15, 0.2) is 5.75 Å². The van der Waals surface area contributed by atoms with E-state index >= 15 is 0 Å². The van der Waals surface area contributed by atoms with Gasteiger partial charge in [0.25, 0.3) is 50.6 Å². The summed E-state index contributed by atoms with van der Waals surface area (Å²) in [5, 5.41) is 27.6. The van der Waals surface area contributed by atoms with Crippen molar-refractivity contribution in [1.29, 1.82) is 0 Å². The van der Waals surface area contributed by atoms with Crippen molar-refractivity contribution in [3.8, 4) is 5.75 Å². The number of anilines is 3. The zero-order chi connectivity index (χ0) is 48.2. The monoisotopic (exact) mass is 1010 g/mol. The van der Waals surface area contributed by atoms with E-state index in [-0.39, 0.29) is 33.4 Å². The molecule has 0 unspecified atom stereocenters. The first-order valence-corrected chi connectivity index (χ1v) is 24.6. The van der Waals surface area contributed by atoms with Gasteiger partial charge in [0.2, 0.25) is 16.9 Å². The van der Waals surface area contributed by atoms with Crippen LogP contribution in [0, 0.1) is 13.8 Å². The lowest BCUT2D eigenvalue weighted by molar-refractivity contribution is 0.472. The second-order valence-electron chi connectivity index (χ2n) is 13.2. The van der Waals surface area contributed by atoms with Crippen molar-refractivity contribution >= 4 is 119 Å². The summed E-state index contributed by atoms with van der Waals surface area (Å²) in [6.07, 6.45) is 0. The molecule has 0 saturated carbocycles. The second kappa shape index (κ2) is 17.2. The Morgan fingerprint density at radius 1 is 0.615 bits per heavy atom. The summed E-state index contributed by atoms with van der Waals surface area (Å²) in [6.45, 7) is 2.84. The number of hydrogen-bond donors (Lipinski definition) is 9. The lowest BCUT2D eigenvalue weighted by Crippen LogP contribution is -2.16. The van der Waals surface area contributed by atoms with Gasteiger partial charge in [0.1, 0.15) is 31.7 Å². The predicted molar refractivity (Wildman–Crippen MR) is 226 cm³/mol. The van der Waals surface area contributed by atoms with E-state index in [9.17, 15) is 70.0 Å². The van der Waals surface area contributed by atoms with Gasteiger partial charge in [0.05, 0.1) is 32.2 Å². The smallest absolute Gasteiger partial charge is 0.296 e. The van der Waals surface area contributed by atoms with Gasteiger partial charge < -0.3 is 16.2 Å². The topological polar surface area (TPSA) is 433 Å². The number of fused-ring (bicyclic) bond motifs is 1. The number of azo groups is 2. The lowest BCUT2D eigenvalue weighted by Gasteiger charge is -2.14. The summed E-state index contributed by atoms with van der Waals surface area (Å²) in [5.74, 6) is -1.29. The number of aromatic nitrogens is 3. The third kappa shape index (κ3) is 10.8. The molecule has 1 aromatic heterocycles. The van der Waals surface area contributed by atoms with E-state index in [1.54, 1.807) is 0 Å². The van der Waals surface area contributed by atoms with Crippen LogP contribution < -0.4 is 16.7 Å². The zero-order valence-electron chi connectivity index (χ0n) is 32.2. The number of aromatic hydroxyl groups is 1. The Morgan fingerprint density at radius 2 is 1.15 bits per heavy atom. The van der Waals surface area contributed by atoms with Gasteiger partial charge in [-0.3, -0.25) is 27.7 Å². The molecule has 0 atom stereocenters. The van der Waals surface area contributed by atoms with Crippen LogP contribution >= 0.6 is 11.6 Å². The van der Waals surface area contributed by atoms with Crippen molar-refractivity contribution in [1.82, 2.24) is 15.0 Å². The quantitative estimate of drug-likeness (QED) is 0.0411. The number of aryl methyl sites for hydroxylation is 2. The fraction of sp³-hybridized carbons (Fsp3) is 0.0606. The van der Waals surface area contributed by atoms with E-state index in [0.29, 0.717) is 23.4 Å². The van der Waals surface area contributed by atoms with Crippen LogP contribution in [0.15, 0.2) is 117 Å². The van der Waals surface area contributed by atoms with Crippen LogP contribution in [0.1, 0.15) is 11.1 Å². The van der Waals surface area contributed by atoms with Crippen LogP contribution in [0.25, 0.3) is 10.8 Å². The minimum Gasteiger partial charge on any atom is -0.505 e. The van der Waals surface area contributed by atoms with Crippen molar-refractivity contribution in [3.63, 3.8) is 0 Å². The first kappa shape index (κ1) is 48.1. The van der Waals surface area contributed by atoms with Crippen LogP contribution in [-0.4, -0.2) is 84.9 Å². The van der Waals surface area contributed by atoms with E-state index in [4.69, 9.17) is 17.3 Å². The summed E-state index contributed by atoms with van der Waals surface area (Å²) < 4.78 is 170. The summed E-state index contributed by atoms with van der Waals surface area (Å²) in [7, 11) is -25.0. The Labute approximate surface area is 371 Å². The number of nitrogen functional groups attached to an aromatic ring is 1. The maximum atomic E-state index is 12.7. The molecule has 0 saturated heterocycles. The lowest BCUT2D eigenvalue weighted by atomic mass is 10.1. The minimum absolute atomic E-state index is 0.0683. The van der Waals surface area contributed by atoms with Crippen LogP contribution in [0.3, 0.4) is 0 Å². The Hall–Kier alpha value is -6.39. The van der Waals surface area contributed by atoms with Crippen molar-refractivity contribution < 1.29 is 70.0 Å². The normalized spacial score (nSPS) is 13.3. The molecule has 65 heavy (non-hydrogen) atoms. The van der Waals surface area contributed by atoms with Crippen molar-refractivity contribution in [3.05, 3.63) is 88.8 Å². The molecule has 0 radical (unpaired) electrons. The van der Waals surface area contributed by atoms with Crippen LogP contribution in [0.4, 0.5) is 45.8 Å². The molecule has 0 spiro atoms. The number of hydrogen-bond acceptors (Lipinski definition) is 20. The SMILES string of the molecule is Cc1cc(S(=O)(=O)O)ccc1N=Nc1c(S(=O)(=O)O)cc2cc(S(=O)(=O)O)c(N=Nc3cc(N=c4nc(Cl)nc(Nc5ccc(S(=O)(=O)O)cc5C)[nH]4)ccc3S(=O)(=O)O)c(N)c2c1O. The fourth-order valence-corrected chi connectivity index (χ4v) is 8.98. The number of H-pyrrole nitrogens is 1. The number of rotatable bonds is 12. The Kier molecular flexibility index (Phi) is 12.7. The summed E-state index contributed by atoms with van der Waals surface area (Å²) >= 11 is 6.09. The molecular weight excluding hydrogens is 988 g/mol. The van der Waals surface area contributed by atoms with E-state index < -0.39 is 115 Å². The molecule has 0 amide bonds. The Bertz CT molecular complexity index is 3740. The summed E-state index contributed by atoms with van der Waals surface area (Å²) in [4.78, 5) is 10.5. The standard InChI is InChI=1S/C33H27ClN10O16S5/c1-14-9-18(61(46,47)48)4-6-20(14)37-33-39-31(34)38-32(40-33)36-17-3-8-23(63(52,53)54)22(13-17)42-43-28-24(64(55,56)57)11-16-12-25(65(58,59)60)29(30(45)26(16)27(28)35)44-41-21-7-5-19(10-15(21)2)62(49,50)51/h3-13,45H,35H2,1-2H3,(H,46,47,48)(H,49,50,51)(H,52,53,54)(H,55,56,57)(H,58,59,60)(H2,36,37,38,39,40). The van der Waals surface area contributed by atoms with Gasteiger partial charge >= 0.3 is 0 Å². The maximum Gasteiger partial charge on any atom is 0.296 e. The van der Waals surface area contributed by atoms with Gasteiger partial charge in [-0.05, 0) is 109 Å². The summed E-state index contributed by atoms with van der Waals surface area (Å²) in [6, 6.07) is 10.4.